The summed E-state index contributed by atoms with van der Waals surface area (Å²) in [4.78, 5) is 12.3. The van der Waals surface area contributed by atoms with Crippen molar-refractivity contribution in [2.45, 2.75) is 24.1 Å². The van der Waals surface area contributed by atoms with Crippen LogP contribution in [0.15, 0.2) is 12.7 Å². The van der Waals surface area contributed by atoms with E-state index >= 15 is 0 Å². The number of aromatic nitrogens is 4. The van der Waals surface area contributed by atoms with Crippen LogP contribution in [0.3, 0.4) is 0 Å². The van der Waals surface area contributed by atoms with Crippen LogP contribution in [0.25, 0.3) is 11.2 Å². The minimum atomic E-state index is -1.38. The highest BCUT2D eigenvalue weighted by atomic mass is 31.2. The largest absolute Gasteiger partial charge is 0.394 e. The summed E-state index contributed by atoms with van der Waals surface area (Å²) in [5, 5.41) is 19.5. The molecule has 3 rings (SSSR count). The first-order chi connectivity index (χ1) is 11.4. The van der Waals surface area contributed by atoms with Crippen LogP contribution in [0.5, 0.6) is 0 Å². The van der Waals surface area contributed by atoms with Crippen molar-refractivity contribution in [2.75, 3.05) is 33.5 Å². The highest BCUT2D eigenvalue weighted by Gasteiger charge is 2.55. The van der Waals surface area contributed by atoms with E-state index in [0.717, 1.165) is 0 Å². The van der Waals surface area contributed by atoms with Gasteiger partial charge in [0, 0.05) is 13.5 Å². The number of anilines is 1. The molecule has 4 N–H and O–H groups in total. The Bertz CT molecular complexity index is 728. The predicted molar refractivity (Wildman–Crippen MR) is 87.9 cm³/mol. The third-order valence-corrected chi connectivity index (χ3v) is 6.25. The van der Waals surface area contributed by atoms with Crippen molar-refractivity contribution in [3.05, 3.63) is 12.7 Å². The summed E-state index contributed by atoms with van der Waals surface area (Å²) in [7, 11) is 3.78. The Morgan fingerprint density at radius 1 is 1.50 bits per heavy atom. The zero-order valence-corrected chi connectivity index (χ0v) is 14.6. The number of aliphatic hydroxyl groups is 2. The van der Waals surface area contributed by atoms with E-state index in [-0.39, 0.29) is 18.8 Å². The molecule has 1 saturated heterocycles. The number of ether oxygens (including phenoxy) is 1. The van der Waals surface area contributed by atoms with Crippen LogP contribution in [0.4, 0.5) is 5.82 Å². The summed E-state index contributed by atoms with van der Waals surface area (Å²) in [6.07, 6.45) is 1.79. The minimum Gasteiger partial charge on any atom is -0.394 e. The molecule has 11 heteroatoms. The number of nitrogens with two attached hydrogens (primary N) is 1. The standard InChI is InChI=1S/C13H21N6O4P/c1-18(2)24(22-3)13(21)4-9(23-8(13)5-20)19-7-17-10-11(14)15-6-16-12(10)19/h6-9,20-21H,4-5H2,1-3H3,(H2,14,15,16)/t8-,9-,13+,24?/m1/s1. The molecule has 2 aromatic rings. The van der Waals surface area contributed by atoms with Gasteiger partial charge in [-0.25, -0.2) is 15.0 Å². The van der Waals surface area contributed by atoms with Crippen molar-refractivity contribution in [1.29, 1.82) is 0 Å². The molecule has 0 radical (unpaired) electrons. The maximum absolute atomic E-state index is 11.2. The van der Waals surface area contributed by atoms with Gasteiger partial charge in [-0.1, -0.05) is 0 Å². The Labute approximate surface area is 140 Å². The molecule has 0 aromatic carbocycles. The molecular formula is C13H21N6O4P. The Hall–Kier alpha value is -1.42. The smallest absolute Gasteiger partial charge is 0.167 e. The van der Waals surface area contributed by atoms with E-state index in [9.17, 15) is 10.2 Å². The van der Waals surface area contributed by atoms with E-state index in [4.69, 9.17) is 15.0 Å². The molecule has 1 aliphatic rings. The summed E-state index contributed by atoms with van der Waals surface area (Å²) >= 11 is 0. The van der Waals surface area contributed by atoms with Crippen molar-refractivity contribution >= 4 is 25.3 Å². The van der Waals surface area contributed by atoms with Crippen LogP contribution in [0.1, 0.15) is 12.6 Å². The predicted octanol–water partition coefficient (Wildman–Crippen LogP) is -0.103. The fraction of sp³-hybridized carbons (Fsp3) is 0.615. The number of hydrogen-bond acceptors (Lipinski definition) is 9. The molecule has 132 valence electrons. The number of imidazole rings is 1. The lowest BCUT2D eigenvalue weighted by Crippen LogP contribution is -2.41. The fourth-order valence-corrected chi connectivity index (χ4v) is 5.07. The third-order valence-electron chi connectivity index (χ3n) is 4.04. The monoisotopic (exact) mass is 356 g/mol. The fourth-order valence-electron chi connectivity index (χ4n) is 3.04. The molecule has 0 amide bonds. The van der Waals surface area contributed by atoms with Crippen LogP contribution in [-0.2, 0) is 9.26 Å². The zero-order valence-electron chi connectivity index (χ0n) is 13.7. The van der Waals surface area contributed by atoms with E-state index in [0.29, 0.717) is 11.2 Å². The van der Waals surface area contributed by atoms with Crippen molar-refractivity contribution in [1.82, 2.24) is 24.2 Å². The summed E-state index contributed by atoms with van der Waals surface area (Å²) in [6.45, 7) is -0.327. The van der Waals surface area contributed by atoms with Gasteiger partial charge in [0.05, 0.1) is 12.9 Å². The Balaban J connectivity index is 1.97. The van der Waals surface area contributed by atoms with Crippen LogP contribution in [0, 0.1) is 0 Å². The van der Waals surface area contributed by atoms with E-state index < -0.39 is 26.0 Å². The summed E-state index contributed by atoms with van der Waals surface area (Å²) in [5.41, 5.74) is 6.79. The number of fused-ring (bicyclic) bond motifs is 1. The lowest BCUT2D eigenvalue weighted by Gasteiger charge is -2.37. The van der Waals surface area contributed by atoms with Crippen LogP contribution in [0.2, 0.25) is 0 Å². The second-order valence-electron chi connectivity index (χ2n) is 5.73. The maximum atomic E-state index is 11.2. The van der Waals surface area contributed by atoms with Gasteiger partial charge in [0.2, 0.25) is 0 Å². The summed E-state index contributed by atoms with van der Waals surface area (Å²) in [5.74, 6) is 0.276. The molecule has 4 atom stereocenters. The Morgan fingerprint density at radius 2 is 2.25 bits per heavy atom. The molecule has 24 heavy (non-hydrogen) atoms. The van der Waals surface area contributed by atoms with Gasteiger partial charge >= 0.3 is 0 Å². The number of nitrogen functional groups attached to an aromatic ring is 1. The molecule has 1 aliphatic heterocycles. The SMILES string of the molecule is COP(N(C)C)[C@@]1(O)C[C@H](n2cnc3c(N)ncnc32)O[C@@H]1CO. The van der Waals surface area contributed by atoms with Crippen molar-refractivity contribution in [2.24, 2.45) is 0 Å². The molecule has 0 aliphatic carbocycles. The van der Waals surface area contributed by atoms with Gasteiger partial charge in [0.1, 0.15) is 32.5 Å². The first kappa shape index (κ1) is 17.4. The zero-order chi connectivity index (χ0) is 17.5. The molecule has 0 bridgehead atoms. The highest BCUT2D eigenvalue weighted by molar-refractivity contribution is 7.51. The lowest BCUT2D eigenvalue weighted by molar-refractivity contribution is -0.0560. The van der Waals surface area contributed by atoms with Gasteiger partial charge in [0.25, 0.3) is 0 Å². The van der Waals surface area contributed by atoms with Crippen LogP contribution >= 0.6 is 8.30 Å². The second kappa shape index (κ2) is 6.47. The van der Waals surface area contributed by atoms with Gasteiger partial charge in [-0.05, 0) is 14.1 Å². The van der Waals surface area contributed by atoms with Crippen LogP contribution in [-0.4, -0.2) is 73.7 Å². The summed E-state index contributed by atoms with van der Waals surface area (Å²) in [6, 6.07) is 0. The quantitative estimate of drug-likeness (QED) is 0.628. The molecule has 1 unspecified atom stereocenters. The molecule has 1 fully saturated rings. The molecule has 3 heterocycles. The van der Waals surface area contributed by atoms with Crippen molar-refractivity contribution in [3.8, 4) is 0 Å². The average Bonchev–Trinajstić information content (AvgIpc) is 3.09. The molecular weight excluding hydrogens is 335 g/mol. The highest BCUT2D eigenvalue weighted by Crippen LogP contribution is 2.59. The molecule has 10 nitrogen and oxygen atoms in total. The molecule has 2 aromatic heterocycles. The number of rotatable bonds is 5. The number of aliphatic hydroxyl groups excluding tert-OH is 1. The van der Waals surface area contributed by atoms with Gasteiger partial charge in [-0.15, -0.1) is 0 Å². The Morgan fingerprint density at radius 3 is 2.88 bits per heavy atom. The Kier molecular flexibility index (Phi) is 4.69. The van der Waals surface area contributed by atoms with E-state index in [1.54, 1.807) is 15.6 Å². The van der Waals surface area contributed by atoms with E-state index in [1.807, 2.05) is 14.1 Å². The maximum Gasteiger partial charge on any atom is 0.167 e. The van der Waals surface area contributed by atoms with Crippen molar-refractivity contribution in [3.63, 3.8) is 0 Å². The average molecular weight is 356 g/mol. The van der Waals surface area contributed by atoms with E-state index in [1.165, 1.54) is 13.4 Å². The topological polar surface area (TPSA) is 132 Å². The first-order valence-corrected chi connectivity index (χ1v) is 8.57. The third kappa shape index (κ3) is 2.65. The van der Waals surface area contributed by atoms with Crippen molar-refractivity contribution < 1.29 is 19.5 Å². The molecule has 0 saturated carbocycles. The van der Waals surface area contributed by atoms with Gasteiger partial charge in [-0.2, -0.15) is 0 Å². The number of nitrogens with zero attached hydrogens (tertiary/aromatic N) is 5. The minimum absolute atomic E-state index is 0.227. The lowest BCUT2D eigenvalue weighted by atomic mass is 10.2. The molecule has 0 spiro atoms. The van der Waals surface area contributed by atoms with Gasteiger partial charge < -0.3 is 25.2 Å². The van der Waals surface area contributed by atoms with E-state index in [2.05, 4.69) is 15.0 Å². The number of hydrogen-bond donors (Lipinski definition) is 3. The van der Waals surface area contributed by atoms with Gasteiger partial charge in [0.15, 0.2) is 16.8 Å². The second-order valence-corrected chi connectivity index (χ2v) is 8.22. The van der Waals surface area contributed by atoms with Crippen LogP contribution < -0.4 is 5.73 Å². The van der Waals surface area contributed by atoms with Gasteiger partial charge in [-0.3, -0.25) is 9.24 Å². The normalized spacial score (nSPS) is 28.8. The summed E-state index contributed by atoms with van der Waals surface area (Å²) < 4.78 is 14.9. The first-order valence-electron chi connectivity index (χ1n) is 7.35.